The van der Waals surface area contributed by atoms with E-state index in [1.165, 1.54) is 6.07 Å². The summed E-state index contributed by atoms with van der Waals surface area (Å²) in [6, 6.07) is 2.53. The number of rotatable bonds is 9. The highest BCUT2D eigenvalue weighted by atomic mass is 127. The fraction of sp³-hybridized carbons (Fsp3) is 0.684. The first kappa shape index (κ1) is 26.7. The number of pyridine rings is 1. The number of aromatic nitrogens is 1. The summed E-state index contributed by atoms with van der Waals surface area (Å²) in [6.07, 6.45) is -0.499. The maximum Gasteiger partial charge on any atom is 0.417 e. The maximum absolute atomic E-state index is 12.5. The number of aliphatic imine (C=N–C) groups is 1. The van der Waals surface area contributed by atoms with Crippen LogP contribution in [0.5, 0.6) is 5.88 Å². The normalized spacial score (nSPS) is 16.1. The lowest BCUT2D eigenvalue weighted by Gasteiger charge is -2.33. The average molecular weight is 545 g/mol. The number of likely N-dealkylation sites (tertiary alicyclic amines) is 1. The minimum Gasteiger partial charge on any atom is -0.476 e. The molecule has 0 saturated carbocycles. The number of methoxy groups -OCH3 is 1. The molecule has 1 fully saturated rings. The van der Waals surface area contributed by atoms with Crippen molar-refractivity contribution in [2.45, 2.75) is 31.5 Å². The number of guanidine groups is 1. The van der Waals surface area contributed by atoms with E-state index in [-0.39, 0.29) is 36.5 Å². The summed E-state index contributed by atoms with van der Waals surface area (Å²) in [6.45, 7) is 4.65. The Morgan fingerprint density at radius 1 is 1.27 bits per heavy atom. The van der Waals surface area contributed by atoms with Gasteiger partial charge in [-0.15, -0.1) is 24.0 Å². The molecule has 1 saturated heterocycles. The first-order valence-corrected chi connectivity index (χ1v) is 9.77. The van der Waals surface area contributed by atoms with Crippen LogP contribution in [0.15, 0.2) is 23.3 Å². The quantitative estimate of drug-likeness (QED) is 0.215. The summed E-state index contributed by atoms with van der Waals surface area (Å²) < 4.78 is 48.0. The van der Waals surface area contributed by atoms with Gasteiger partial charge in [0.15, 0.2) is 5.96 Å². The zero-order valence-corrected chi connectivity index (χ0v) is 19.7. The van der Waals surface area contributed by atoms with E-state index in [2.05, 4.69) is 25.5 Å². The second kappa shape index (κ2) is 13.9. The molecule has 1 aromatic rings. The van der Waals surface area contributed by atoms with Crippen LogP contribution >= 0.6 is 24.0 Å². The van der Waals surface area contributed by atoms with Crippen LogP contribution in [0.1, 0.15) is 24.8 Å². The molecule has 1 aromatic heterocycles. The number of halogens is 4. The van der Waals surface area contributed by atoms with Gasteiger partial charge in [0, 0.05) is 58.7 Å². The first-order valence-electron chi connectivity index (χ1n) is 9.77. The van der Waals surface area contributed by atoms with Crippen LogP contribution in [0.2, 0.25) is 0 Å². The topological polar surface area (TPSA) is 71.0 Å². The Morgan fingerprint density at radius 3 is 2.57 bits per heavy atom. The molecule has 172 valence electrons. The Morgan fingerprint density at radius 2 is 2.00 bits per heavy atom. The fourth-order valence-corrected chi connectivity index (χ4v) is 3.08. The molecule has 0 radical (unpaired) electrons. The van der Waals surface area contributed by atoms with Gasteiger partial charge in [0.2, 0.25) is 5.88 Å². The maximum atomic E-state index is 12.5. The van der Waals surface area contributed by atoms with E-state index in [4.69, 9.17) is 9.47 Å². The summed E-state index contributed by atoms with van der Waals surface area (Å²) >= 11 is 0. The lowest BCUT2D eigenvalue weighted by atomic mass is 10.1. The fourth-order valence-electron chi connectivity index (χ4n) is 3.08. The lowest BCUT2D eigenvalue weighted by Crippen LogP contribution is -2.49. The molecule has 1 aliphatic rings. The lowest BCUT2D eigenvalue weighted by molar-refractivity contribution is -0.137. The number of hydrogen-bond donors (Lipinski definition) is 2. The van der Waals surface area contributed by atoms with Gasteiger partial charge in [-0.3, -0.25) is 4.99 Å². The molecule has 11 heteroatoms. The molecule has 2 heterocycles. The van der Waals surface area contributed by atoms with Crippen molar-refractivity contribution in [1.29, 1.82) is 0 Å². The molecule has 0 spiro atoms. The van der Waals surface area contributed by atoms with Gasteiger partial charge in [-0.2, -0.15) is 13.2 Å². The van der Waals surface area contributed by atoms with Crippen LogP contribution in [0, 0.1) is 0 Å². The van der Waals surface area contributed by atoms with Crippen molar-refractivity contribution in [2.24, 2.45) is 4.99 Å². The molecule has 30 heavy (non-hydrogen) atoms. The molecule has 1 aliphatic heterocycles. The number of piperidine rings is 1. The number of alkyl halides is 3. The molecule has 2 N–H and O–H groups in total. The third-order valence-electron chi connectivity index (χ3n) is 4.68. The molecule has 0 bridgehead atoms. The average Bonchev–Trinajstić information content (AvgIpc) is 2.71. The molecule has 0 aromatic carbocycles. The summed E-state index contributed by atoms with van der Waals surface area (Å²) in [5, 5.41) is 6.56. The Bertz CT molecular complexity index is 624. The van der Waals surface area contributed by atoms with Crippen molar-refractivity contribution in [3.8, 4) is 5.88 Å². The first-order chi connectivity index (χ1) is 13.9. The van der Waals surface area contributed by atoms with Gasteiger partial charge < -0.3 is 25.0 Å². The number of ether oxygens (including phenoxy) is 2. The highest BCUT2D eigenvalue weighted by Crippen LogP contribution is 2.29. The number of nitrogens with zero attached hydrogens (tertiary/aromatic N) is 3. The van der Waals surface area contributed by atoms with Crippen LogP contribution < -0.4 is 15.4 Å². The van der Waals surface area contributed by atoms with E-state index in [1.54, 1.807) is 14.2 Å². The van der Waals surface area contributed by atoms with E-state index < -0.39 is 11.7 Å². The predicted molar refractivity (Wildman–Crippen MR) is 121 cm³/mol. The van der Waals surface area contributed by atoms with Crippen molar-refractivity contribution in [3.63, 3.8) is 0 Å². The second-order valence-corrected chi connectivity index (χ2v) is 6.84. The third kappa shape index (κ3) is 9.65. The molecule has 0 atom stereocenters. The molecular weight excluding hydrogens is 514 g/mol. The molecule has 0 amide bonds. The summed E-state index contributed by atoms with van der Waals surface area (Å²) in [5.74, 6) is 0.843. The number of hydrogen-bond acceptors (Lipinski definition) is 5. The van der Waals surface area contributed by atoms with Crippen molar-refractivity contribution in [2.75, 3.05) is 53.6 Å². The predicted octanol–water partition coefficient (Wildman–Crippen LogP) is 2.76. The summed E-state index contributed by atoms with van der Waals surface area (Å²) in [5.41, 5.74) is -0.794. The van der Waals surface area contributed by atoms with Crippen LogP contribution in [0.3, 0.4) is 0 Å². The van der Waals surface area contributed by atoms with Crippen LogP contribution in [-0.2, 0) is 10.9 Å². The largest absolute Gasteiger partial charge is 0.476 e. The Balaban J connectivity index is 0.00000450. The summed E-state index contributed by atoms with van der Waals surface area (Å²) in [7, 11) is 3.42. The molecule has 0 aliphatic carbocycles. The zero-order valence-electron chi connectivity index (χ0n) is 17.4. The van der Waals surface area contributed by atoms with Gasteiger partial charge >= 0.3 is 6.18 Å². The van der Waals surface area contributed by atoms with Gasteiger partial charge in [-0.05, 0) is 25.3 Å². The Hall–Kier alpha value is -1.34. The van der Waals surface area contributed by atoms with Gasteiger partial charge in [0.25, 0.3) is 0 Å². The van der Waals surface area contributed by atoms with Crippen molar-refractivity contribution in [1.82, 2.24) is 20.5 Å². The van der Waals surface area contributed by atoms with Crippen molar-refractivity contribution in [3.05, 3.63) is 23.9 Å². The van der Waals surface area contributed by atoms with Gasteiger partial charge in [0.1, 0.15) is 6.61 Å². The Labute approximate surface area is 192 Å². The monoisotopic (exact) mass is 545 g/mol. The standard InChI is InChI=1S/C19H30F3N5O2.HI/c1-23-18(26-16-6-10-27(11-7-16)9-3-12-28-2)24-8-13-29-17-5-4-15(14-25-17)19(20,21)22;/h4-5,14,16H,3,6-13H2,1-2H3,(H2,23,24,26);1H. The molecular formula is C19H31F3IN5O2. The van der Waals surface area contributed by atoms with Crippen LogP contribution in [0.4, 0.5) is 13.2 Å². The zero-order chi connectivity index (χ0) is 21.1. The minimum atomic E-state index is -4.40. The van der Waals surface area contributed by atoms with Gasteiger partial charge in [-0.1, -0.05) is 0 Å². The highest BCUT2D eigenvalue weighted by Gasteiger charge is 2.30. The van der Waals surface area contributed by atoms with Gasteiger partial charge in [0.05, 0.1) is 12.1 Å². The molecule has 2 rings (SSSR count). The number of nitrogens with one attached hydrogen (secondary N) is 2. The van der Waals surface area contributed by atoms with Crippen molar-refractivity contribution >= 4 is 29.9 Å². The van der Waals surface area contributed by atoms with E-state index in [9.17, 15) is 13.2 Å². The SMILES string of the molecule is CN=C(NCCOc1ccc(C(F)(F)F)cn1)NC1CCN(CCCOC)CC1.I. The van der Waals surface area contributed by atoms with E-state index >= 15 is 0 Å². The summed E-state index contributed by atoms with van der Waals surface area (Å²) in [4.78, 5) is 10.3. The van der Waals surface area contributed by atoms with Crippen LogP contribution in [-0.4, -0.2) is 75.4 Å². The Kier molecular flexibility index (Phi) is 12.3. The van der Waals surface area contributed by atoms with E-state index in [0.717, 1.165) is 57.8 Å². The van der Waals surface area contributed by atoms with E-state index in [0.29, 0.717) is 18.5 Å². The van der Waals surface area contributed by atoms with Gasteiger partial charge in [-0.25, -0.2) is 4.98 Å². The van der Waals surface area contributed by atoms with Crippen molar-refractivity contribution < 1.29 is 22.6 Å². The molecule has 7 nitrogen and oxygen atoms in total. The smallest absolute Gasteiger partial charge is 0.417 e. The minimum absolute atomic E-state index is 0. The van der Waals surface area contributed by atoms with E-state index in [1.807, 2.05) is 0 Å². The highest BCUT2D eigenvalue weighted by molar-refractivity contribution is 14.0. The second-order valence-electron chi connectivity index (χ2n) is 6.84. The third-order valence-corrected chi connectivity index (χ3v) is 4.68. The molecule has 0 unspecified atom stereocenters. The van der Waals surface area contributed by atoms with Crippen LogP contribution in [0.25, 0.3) is 0 Å².